The zero-order valence-electron chi connectivity index (χ0n) is 11.3. The Hall–Kier alpha value is -1.83. The molecule has 0 saturated carbocycles. The Kier molecular flexibility index (Phi) is 5.59. The zero-order valence-corrected chi connectivity index (χ0v) is 13.6. The van der Waals surface area contributed by atoms with Crippen molar-refractivity contribution in [3.63, 3.8) is 0 Å². The van der Waals surface area contributed by atoms with E-state index in [-0.39, 0.29) is 10.7 Å². The Bertz CT molecular complexity index is 727. The third-order valence-electron chi connectivity index (χ3n) is 2.50. The molecule has 0 bridgehead atoms. The number of amides is 2. The number of nitrogens with zero attached hydrogens (tertiary/aromatic N) is 2. The van der Waals surface area contributed by atoms with Gasteiger partial charge >= 0.3 is 0 Å². The predicted octanol–water partition coefficient (Wildman–Crippen LogP) is 2.58. The Labute approximate surface area is 140 Å². The van der Waals surface area contributed by atoms with Gasteiger partial charge in [-0.2, -0.15) is 0 Å². The second-order valence-corrected chi connectivity index (χ2v) is 5.59. The average Bonchev–Trinajstić information content (AvgIpc) is 2.52. The van der Waals surface area contributed by atoms with E-state index in [1.54, 1.807) is 24.5 Å². The van der Waals surface area contributed by atoms with Gasteiger partial charge in [0.2, 0.25) is 0 Å². The molecular weight excluding hydrogens is 347 g/mol. The van der Waals surface area contributed by atoms with E-state index in [0.29, 0.717) is 15.7 Å². The van der Waals surface area contributed by atoms with Crippen LogP contribution in [0.2, 0.25) is 10.0 Å². The lowest BCUT2D eigenvalue weighted by atomic mass is 10.2. The smallest absolute Gasteiger partial charge is 0.267 e. The lowest BCUT2D eigenvalue weighted by Crippen LogP contribution is -2.42. The largest absolute Gasteiger partial charge is 0.289 e. The number of nitrogens with one attached hydrogen (secondary N) is 2. The summed E-state index contributed by atoms with van der Waals surface area (Å²) in [6, 6.07) is 6.32. The highest BCUT2D eigenvalue weighted by atomic mass is 35.5. The summed E-state index contributed by atoms with van der Waals surface area (Å²) in [5, 5.41) is 0.908. The molecular formula is C13H10Cl2N4O2S. The van der Waals surface area contributed by atoms with Gasteiger partial charge in [0.05, 0.1) is 11.2 Å². The van der Waals surface area contributed by atoms with Crippen molar-refractivity contribution >= 4 is 46.8 Å². The molecule has 2 rings (SSSR count). The van der Waals surface area contributed by atoms with Crippen LogP contribution in [0.4, 0.5) is 0 Å². The molecule has 0 saturated heterocycles. The first-order chi connectivity index (χ1) is 10.5. The summed E-state index contributed by atoms with van der Waals surface area (Å²) in [4.78, 5) is 31.8. The van der Waals surface area contributed by atoms with Crippen molar-refractivity contribution in [2.45, 2.75) is 5.16 Å². The van der Waals surface area contributed by atoms with Gasteiger partial charge in [-0.15, -0.1) is 0 Å². The van der Waals surface area contributed by atoms with Crippen molar-refractivity contribution in [2.24, 2.45) is 0 Å². The monoisotopic (exact) mass is 356 g/mol. The molecule has 2 aromatic rings. The minimum Gasteiger partial charge on any atom is -0.267 e. The minimum absolute atomic E-state index is 0.0209. The van der Waals surface area contributed by atoms with Gasteiger partial charge in [0.15, 0.2) is 10.9 Å². The molecule has 0 aliphatic carbocycles. The number of carbonyl (C=O) groups is 2. The molecule has 6 nitrogen and oxygen atoms in total. The van der Waals surface area contributed by atoms with Crippen LogP contribution in [-0.4, -0.2) is 28.0 Å². The van der Waals surface area contributed by atoms with Crippen molar-refractivity contribution < 1.29 is 9.59 Å². The van der Waals surface area contributed by atoms with Crippen LogP contribution < -0.4 is 10.9 Å². The quantitative estimate of drug-likeness (QED) is 0.501. The molecule has 2 N–H and O–H groups in total. The summed E-state index contributed by atoms with van der Waals surface area (Å²) in [6.45, 7) is 0. The summed E-state index contributed by atoms with van der Waals surface area (Å²) in [5.41, 5.74) is 4.80. The van der Waals surface area contributed by atoms with Crippen LogP contribution in [0.25, 0.3) is 0 Å². The molecule has 0 aliphatic heterocycles. The summed E-state index contributed by atoms with van der Waals surface area (Å²) in [7, 11) is 0. The second-order valence-electron chi connectivity index (χ2n) is 3.97. The highest BCUT2D eigenvalue weighted by Gasteiger charge is 2.15. The second kappa shape index (κ2) is 7.44. The van der Waals surface area contributed by atoms with Crippen LogP contribution in [0, 0.1) is 0 Å². The van der Waals surface area contributed by atoms with Crippen molar-refractivity contribution in [1.82, 2.24) is 20.8 Å². The maximum absolute atomic E-state index is 12.0. The van der Waals surface area contributed by atoms with Crippen LogP contribution in [0.5, 0.6) is 0 Å². The zero-order chi connectivity index (χ0) is 16.1. The van der Waals surface area contributed by atoms with Gasteiger partial charge in [0.1, 0.15) is 0 Å². The molecule has 1 aromatic carbocycles. The number of halogens is 2. The first-order valence-corrected chi connectivity index (χ1v) is 7.92. The van der Waals surface area contributed by atoms with E-state index in [9.17, 15) is 9.59 Å². The maximum atomic E-state index is 12.0. The fourth-order valence-electron chi connectivity index (χ4n) is 1.48. The summed E-state index contributed by atoms with van der Waals surface area (Å²) in [5.74, 6) is -1.15. The van der Waals surface area contributed by atoms with Gasteiger partial charge in [-0.25, -0.2) is 9.97 Å². The van der Waals surface area contributed by atoms with E-state index < -0.39 is 11.8 Å². The van der Waals surface area contributed by atoms with Crippen molar-refractivity contribution in [2.75, 3.05) is 6.26 Å². The highest BCUT2D eigenvalue weighted by Crippen LogP contribution is 2.16. The molecule has 9 heteroatoms. The molecule has 0 radical (unpaired) electrons. The van der Waals surface area contributed by atoms with Crippen LogP contribution in [0.3, 0.4) is 0 Å². The van der Waals surface area contributed by atoms with Crippen LogP contribution in [0.1, 0.15) is 20.8 Å². The maximum Gasteiger partial charge on any atom is 0.289 e. The molecule has 0 atom stereocenters. The number of rotatable bonds is 3. The molecule has 0 fully saturated rings. The molecule has 114 valence electrons. The van der Waals surface area contributed by atoms with Crippen LogP contribution >= 0.6 is 35.0 Å². The number of thioether (sulfide) groups is 1. The minimum atomic E-state index is -0.641. The highest BCUT2D eigenvalue weighted by molar-refractivity contribution is 7.98. The van der Waals surface area contributed by atoms with Gasteiger partial charge in [-0.3, -0.25) is 20.4 Å². The van der Waals surface area contributed by atoms with Crippen LogP contribution in [0.15, 0.2) is 35.6 Å². The topological polar surface area (TPSA) is 84.0 Å². The van der Waals surface area contributed by atoms with Gasteiger partial charge < -0.3 is 0 Å². The summed E-state index contributed by atoms with van der Waals surface area (Å²) in [6.07, 6.45) is 3.10. The van der Waals surface area contributed by atoms with Gasteiger partial charge in [-0.1, -0.05) is 41.0 Å². The third-order valence-corrected chi connectivity index (χ3v) is 3.57. The lowest BCUT2D eigenvalue weighted by Gasteiger charge is -2.08. The fourth-order valence-corrected chi connectivity index (χ4v) is 2.19. The number of aromatic nitrogens is 2. The van der Waals surface area contributed by atoms with E-state index >= 15 is 0 Å². The molecule has 0 spiro atoms. The fraction of sp³-hybridized carbons (Fsp3) is 0.0769. The molecule has 1 aromatic heterocycles. The summed E-state index contributed by atoms with van der Waals surface area (Å²) >= 11 is 12.9. The number of hydrogen-bond acceptors (Lipinski definition) is 5. The van der Waals surface area contributed by atoms with Crippen molar-refractivity contribution in [3.05, 3.63) is 51.8 Å². The normalized spacial score (nSPS) is 10.1. The molecule has 0 aliphatic rings. The Balaban J connectivity index is 2.05. The lowest BCUT2D eigenvalue weighted by molar-refractivity contribution is 0.0843. The van der Waals surface area contributed by atoms with Gasteiger partial charge in [0.25, 0.3) is 11.8 Å². The van der Waals surface area contributed by atoms with Crippen molar-refractivity contribution in [3.8, 4) is 0 Å². The molecule has 2 amide bonds. The average molecular weight is 357 g/mol. The number of carbonyl (C=O) groups excluding carboxylic acids is 2. The van der Waals surface area contributed by atoms with E-state index in [4.69, 9.17) is 23.2 Å². The predicted molar refractivity (Wildman–Crippen MR) is 85.2 cm³/mol. The van der Waals surface area contributed by atoms with Gasteiger partial charge in [0, 0.05) is 10.6 Å². The van der Waals surface area contributed by atoms with E-state index in [0.717, 1.165) is 0 Å². The number of hydrazine groups is 1. The SMILES string of the molecule is CSc1ncc(Cl)c(C(=O)NNC(=O)c2cccc(Cl)c2)n1. The molecule has 22 heavy (non-hydrogen) atoms. The van der Waals surface area contributed by atoms with Crippen LogP contribution in [-0.2, 0) is 0 Å². The van der Waals surface area contributed by atoms with Gasteiger partial charge in [-0.05, 0) is 24.5 Å². The standard InChI is InChI=1S/C13H10Cl2N4O2S/c1-22-13-16-6-9(15)10(17-13)12(21)19-18-11(20)7-3-2-4-8(14)5-7/h2-6H,1H3,(H,18,20)(H,19,21). The number of benzene rings is 1. The van der Waals surface area contributed by atoms with E-state index in [2.05, 4.69) is 20.8 Å². The first kappa shape index (κ1) is 16.5. The number of hydrogen-bond donors (Lipinski definition) is 2. The molecule has 1 heterocycles. The Morgan fingerprint density at radius 1 is 1.18 bits per heavy atom. The third kappa shape index (κ3) is 4.09. The van der Waals surface area contributed by atoms with E-state index in [1.165, 1.54) is 24.0 Å². The Morgan fingerprint density at radius 2 is 1.91 bits per heavy atom. The Morgan fingerprint density at radius 3 is 2.59 bits per heavy atom. The molecule has 0 unspecified atom stereocenters. The first-order valence-electron chi connectivity index (χ1n) is 5.94. The summed E-state index contributed by atoms with van der Waals surface area (Å²) < 4.78 is 0. The van der Waals surface area contributed by atoms with E-state index in [1.807, 2.05) is 0 Å². The van der Waals surface area contributed by atoms with Crippen molar-refractivity contribution in [1.29, 1.82) is 0 Å².